The van der Waals surface area contributed by atoms with Crippen LogP contribution in [-0.2, 0) is 10.2 Å². The normalized spacial score (nSPS) is 14.4. The maximum atomic E-state index is 10.9. The average molecular weight is 525 g/mol. The number of aliphatic carboxylic acids is 1. The quantitative estimate of drug-likeness (QED) is 0.214. The van der Waals surface area contributed by atoms with Gasteiger partial charge in [-0.25, -0.2) is 0 Å². The Hall–Kier alpha value is -2.63. The number of ether oxygens (including phenoxy) is 1. The number of hydrogen-bond acceptors (Lipinski definition) is 4. The SMILES string of the molecule is CCCCC(O)(C=Cc1ccc(C(CC)(CC)c2ccc(OC[C@@H](O)CCC(=O)O)c(C)c2)cc1C)CC. The molecule has 1 unspecified atom stereocenters. The first-order valence-electron chi connectivity index (χ1n) is 14.2. The molecule has 210 valence electrons. The Morgan fingerprint density at radius 3 is 2.13 bits per heavy atom. The van der Waals surface area contributed by atoms with E-state index in [0.717, 1.165) is 43.2 Å². The summed E-state index contributed by atoms with van der Waals surface area (Å²) in [5.74, 6) is -0.221. The zero-order valence-corrected chi connectivity index (χ0v) is 24.2. The van der Waals surface area contributed by atoms with E-state index >= 15 is 0 Å². The minimum atomic E-state index is -0.922. The van der Waals surface area contributed by atoms with Gasteiger partial charge >= 0.3 is 5.97 Å². The molecule has 0 aliphatic carbocycles. The molecule has 0 heterocycles. The van der Waals surface area contributed by atoms with Crippen LogP contribution in [0.3, 0.4) is 0 Å². The first kappa shape index (κ1) is 31.6. The van der Waals surface area contributed by atoms with Crippen molar-refractivity contribution in [3.05, 3.63) is 70.3 Å². The molecule has 0 amide bonds. The van der Waals surface area contributed by atoms with E-state index in [0.29, 0.717) is 12.2 Å². The summed E-state index contributed by atoms with van der Waals surface area (Å²) in [5.41, 5.74) is 4.88. The molecular formula is C33H48O5. The monoisotopic (exact) mass is 524 g/mol. The number of carbonyl (C=O) groups is 1. The molecule has 2 aromatic rings. The molecule has 2 aromatic carbocycles. The molecule has 0 radical (unpaired) electrons. The standard InChI is InChI=1S/C33H48O5/c1-7-11-19-32(37,8-2)20-18-26-12-13-27(21-24(26)5)33(9-3,10-4)28-14-16-30(25(6)22-28)38-23-29(34)15-17-31(35)36/h12-14,16,18,20-22,29,34,37H,7-11,15,17,19,23H2,1-6H3,(H,35,36)/t29-,32?/m0/s1. The second-order valence-electron chi connectivity index (χ2n) is 10.6. The molecule has 0 aliphatic rings. The first-order valence-corrected chi connectivity index (χ1v) is 14.2. The highest BCUT2D eigenvalue weighted by Gasteiger charge is 2.31. The van der Waals surface area contributed by atoms with E-state index in [1.807, 2.05) is 26.0 Å². The van der Waals surface area contributed by atoms with Gasteiger partial charge in [0.1, 0.15) is 12.4 Å². The minimum absolute atomic E-state index is 0.0694. The number of rotatable bonds is 16. The van der Waals surface area contributed by atoms with E-state index in [2.05, 4.69) is 64.1 Å². The van der Waals surface area contributed by atoms with E-state index < -0.39 is 17.7 Å². The van der Waals surface area contributed by atoms with Crippen molar-refractivity contribution in [1.82, 2.24) is 0 Å². The molecular weight excluding hydrogens is 476 g/mol. The van der Waals surface area contributed by atoms with Gasteiger partial charge in [0.15, 0.2) is 0 Å². The van der Waals surface area contributed by atoms with Gasteiger partial charge in [-0.2, -0.15) is 0 Å². The van der Waals surface area contributed by atoms with Gasteiger partial charge in [0.05, 0.1) is 11.7 Å². The molecule has 0 bridgehead atoms. The van der Waals surface area contributed by atoms with Crippen LogP contribution in [0, 0.1) is 13.8 Å². The highest BCUT2D eigenvalue weighted by atomic mass is 16.5. The summed E-state index contributed by atoms with van der Waals surface area (Å²) in [7, 11) is 0. The fourth-order valence-corrected chi connectivity index (χ4v) is 5.17. The van der Waals surface area contributed by atoms with Crippen molar-refractivity contribution in [2.75, 3.05) is 6.61 Å². The number of benzene rings is 2. The third kappa shape index (κ3) is 8.18. The number of aryl methyl sites for hydroxylation is 2. The first-order chi connectivity index (χ1) is 18.0. The Labute approximate surface area is 229 Å². The number of unbranched alkanes of at least 4 members (excludes halogenated alkanes) is 1. The second kappa shape index (κ2) is 14.5. The highest BCUT2D eigenvalue weighted by Crippen LogP contribution is 2.41. The summed E-state index contributed by atoms with van der Waals surface area (Å²) in [6, 6.07) is 12.9. The van der Waals surface area contributed by atoms with Gasteiger partial charge in [0.25, 0.3) is 0 Å². The van der Waals surface area contributed by atoms with Gasteiger partial charge in [0, 0.05) is 11.8 Å². The smallest absolute Gasteiger partial charge is 0.303 e. The number of carboxylic acids is 1. The van der Waals surface area contributed by atoms with Crippen LogP contribution in [0.25, 0.3) is 6.08 Å². The molecule has 0 saturated heterocycles. The van der Waals surface area contributed by atoms with Crippen LogP contribution in [0.2, 0.25) is 0 Å². The number of carboxylic acid groups (broad SMARTS) is 1. The van der Waals surface area contributed by atoms with Crippen LogP contribution < -0.4 is 4.74 Å². The highest BCUT2D eigenvalue weighted by molar-refractivity contribution is 5.66. The van der Waals surface area contributed by atoms with Gasteiger partial charge in [-0.15, -0.1) is 0 Å². The Kier molecular flexibility index (Phi) is 12.1. The molecule has 0 aromatic heterocycles. The second-order valence-corrected chi connectivity index (χ2v) is 10.6. The zero-order chi connectivity index (χ0) is 28.3. The summed E-state index contributed by atoms with van der Waals surface area (Å²) in [4.78, 5) is 10.7. The third-order valence-electron chi connectivity index (χ3n) is 8.03. The zero-order valence-electron chi connectivity index (χ0n) is 24.2. The number of aliphatic hydroxyl groups is 2. The van der Waals surface area contributed by atoms with E-state index in [1.165, 1.54) is 16.7 Å². The minimum Gasteiger partial charge on any atom is -0.491 e. The molecule has 5 heteroatoms. The molecule has 38 heavy (non-hydrogen) atoms. The summed E-state index contributed by atoms with van der Waals surface area (Å²) < 4.78 is 5.82. The maximum Gasteiger partial charge on any atom is 0.303 e. The van der Waals surface area contributed by atoms with Crippen molar-refractivity contribution >= 4 is 12.0 Å². The lowest BCUT2D eigenvalue weighted by molar-refractivity contribution is -0.137. The Bertz CT molecular complexity index is 1070. The summed E-state index contributed by atoms with van der Waals surface area (Å²) in [6.45, 7) is 12.8. The van der Waals surface area contributed by atoms with Crippen molar-refractivity contribution in [2.45, 2.75) is 110 Å². The molecule has 2 atom stereocenters. The van der Waals surface area contributed by atoms with Gasteiger partial charge in [0.2, 0.25) is 0 Å². The fourth-order valence-electron chi connectivity index (χ4n) is 5.17. The van der Waals surface area contributed by atoms with E-state index in [4.69, 9.17) is 9.84 Å². The Morgan fingerprint density at radius 2 is 1.61 bits per heavy atom. The summed E-state index contributed by atoms with van der Waals surface area (Å²) >= 11 is 0. The van der Waals surface area contributed by atoms with Gasteiger partial charge in [-0.1, -0.05) is 83.0 Å². The molecule has 0 saturated carbocycles. The van der Waals surface area contributed by atoms with E-state index in [9.17, 15) is 15.0 Å². The van der Waals surface area contributed by atoms with Crippen molar-refractivity contribution in [3.63, 3.8) is 0 Å². The average Bonchev–Trinajstić information content (AvgIpc) is 2.90. The van der Waals surface area contributed by atoms with E-state index in [1.54, 1.807) is 0 Å². The van der Waals surface area contributed by atoms with Crippen LogP contribution in [0.5, 0.6) is 5.75 Å². The summed E-state index contributed by atoms with van der Waals surface area (Å²) in [6.07, 6.45) is 8.77. The molecule has 5 nitrogen and oxygen atoms in total. The molecule has 0 aliphatic heterocycles. The predicted octanol–water partition coefficient (Wildman–Crippen LogP) is 7.36. The van der Waals surface area contributed by atoms with E-state index in [-0.39, 0.29) is 24.9 Å². The van der Waals surface area contributed by atoms with Crippen molar-refractivity contribution < 1.29 is 24.9 Å². The molecule has 0 fully saturated rings. The molecule has 3 N–H and O–H groups in total. The van der Waals surface area contributed by atoms with Crippen LogP contribution in [-0.4, -0.2) is 39.6 Å². The number of hydrogen-bond donors (Lipinski definition) is 3. The van der Waals surface area contributed by atoms with Crippen molar-refractivity contribution in [1.29, 1.82) is 0 Å². The van der Waals surface area contributed by atoms with Crippen LogP contribution in [0.15, 0.2) is 42.5 Å². The van der Waals surface area contributed by atoms with Crippen LogP contribution in [0.1, 0.15) is 107 Å². The Balaban J connectivity index is 2.29. The lowest BCUT2D eigenvalue weighted by Crippen LogP contribution is -2.26. The Morgan fingerprint density at radius 1 is 0.974 bits per heavy atom. The largest absolute Gasteiger partial charge is 0.491 e. The topological polar surface area (TPSA) is 87.0 Å². The van der Waals surface area contributed by atoms with Gasteiger partial charge < -0.3 is 20.1 Å². The number of aliphatic hydroxyl groups excluding tert-OH is 1. The fraction of sp³-hybridized carbons (Fsp3) is 0.545. The van der Waals surface area contributed by atoms with Crippen molar-refractivity contribution in [3.8, 4) is 5.75 Å². The summed E-state index contributed by atoms with van der Waals surface area (Å²) in [5, 5.41) is 29.8. The van der Waals surface area contributed by atoms with Crippen LogP contribution >= 0.6 is 0 Å². The van der Waals surface area contributed by atoms with Crippen LogP contribution in [0.4, 0.5) is 0 Å². The third-order valence-corrected chi connectivity index (χ3v) is 8.03. The lowest BCUT2D eigenvalue weighted by atomic mass is 9.70. The molecule has 0 spiro atoms. The van der Waals surface area contributed by atoms with Gasteiger partial charge in [-0.3, -0.25) is 4.79 Å². The van der Waals surface area contributed by atoms with Gasteiger partial charge in [-0.05, 0) is 79.8 Å². The predicted molar refractivity (Wildman–Crippen MR) is 156 cm³/mol. The molecule has 2 rings (SSSR count). The van der Waals surface area contributed by atoms with Crippen molar-refractivity contribution in [2.24, 2.45) is 0 Å². The lowest BCUT2D eigenvalue weighted by Gasteiger charge is -2.34. The maximum absolute atomic E-state index is 10.9.